The molecule has 2 atom stereocenters. The van der Waals surface area contributed by atoms with E-state index in [1.165, 1.54) is 29.2 Å². The second-order valence-electron chi connectivity index (χ2n) is 11.8. The summed E-state index contributed by atoms with van der Waals surface area (Å²) >= 11 is 0. The summed E-state index contributed by atoms with van der Waals surface area (Å²) in [6.45, 7) is 8.93. The lowest BCUT2D eigenvalue weighted by Crippen LogP contribution is -2.54. The quantitative estimate of drug-likeness (QED) is 0.180. The largest absolute Gasteiger partial charge is 0.352 e. The maximum absolute atomic E-state index is 14.5. The van der Waals surface area contributed by atoms with Crippen LogP contribution in [0.4, 0.5) is 10.1 Å². The molecular weight excluding hydrogens is 601 g/mol. The smallest absolute Gasteiger partial charge is 0.264 e. The third-order valence-electron chi connectivity index (χ3n) is 8.20. The zero-order valence-corrected chi connectivity index (χ0v) is 27.9. The lowest BCUT2D eigenvalue weighted by molar-refractivity contribution is -0.140. The van der Waals surface area contributed by atoms with E-state index in [4.69, 9.17) is 0 Å². The molecule has 2 amide bonds. The lowest BCUT2D eigenvalue weighted by Gasteiger charge is -2.34. The zero-order valence-electron chi connectivity index (χ0n) is 27.0. The van der Waals surface area contributed by atoms with E-state index in [9.17, 15) is 22.4 Å². The second kappa shape index (κ2) is 15.2. The minimum atomic E-state index is -4.20. The summed E-state index contributed by atoms with van der Waals surface area (Å²) in [7, 11) is -4.20. The van der Waals surface area contributed by atoms with Crippen LogP contribution in [0.25, 0.3) is 0 Å². The van der Waals surface area contributed by atoms with E-state index in [2.05, 4.69) is 5.32 Å². The first-order chi connectivity index (χ1) is 21.9. The number of amides is 2. The molecular formula is C37H42FN3O4S. The number of aryl methyl sites for hydroxylation is 3. The first-order valence-electron chi connectivity index (χ1n) is 15.4. The van der Waals surface area contributed by atoms with Crippen LogP contribution in [-0.2, 0) is 32.6 Å². The molecule has 242 valence electrons. The van der Waals surface area contributed by atoms with Crippen molar-refractivity contribution in [2.45, 2.75) is 71.0 Å². The van der Waals surface area contributed by atoms with Crippen LogP contribution >= 0.6 is 0 Å². The number of carbonyl (C=O) groups excluding carboxylic acids is 2. The third kappa shape index (κ3) is 8.60. The topological polar surface area (TPSA) is 86.8 Å². The Morgan fingerprint density at radius 3 is 2.09 bits per heavy atom. The number of halogens is 1. The highest BCUT2D eigenvalue weighted by Gasteiger charge is 2.35. The van der Waals surface area contributed by atoms with Gasteiger partial charge in [0.05, 0.1) is 10.6 Å². The molecule has 4 aromatic carbocycles. The average Bonchev–Trinajstić information content (AvgIpc) is 3.04. The van der Waals surface area contributed by atoms with E-state index in [-0.39, 0.29) is 29.8 Å². The zero-order chi connectivity index (χ0) is 33.4. The number of benzene rings is 4. The molecule has 0 saturated carbocycles. The van der Waals surface area contributed by atoms with Crippen LogP contribution in [0.1, 0.15) is 48.1 Å². The molecule has 0 radical (unpaired) electrons. The van der Waals surface area contributed by atoms with Gasteiger partial charge in [0, 0.05) is 19.0 Å². The van der Waals surface area contributed by atoms with Crippen molar-refractivity contribution in [2.24, 2.45) is 0 Å². The third-order valence-corrected chi connectivity index (χ3v) is 9.99. The Bertz CT molecular complexity index is 1740. The van der Waals surface area contributed by atoms with Gasteiger partial charge in [-0.2, -0.15) is 0 Å². The molecule has 0 aliphatic carbocycles. The van der Waals surface area contributed by atoms with Gasteiger partial charge < -0.3 is 10.2 Å². The number of carbonyl (C=O) groups is 2. The van der Waals surface area contributed by atoms with Crippen molar-refractivity contribution in [2.75, 3.05) is 10.8 Å². The van der Waals surface area contributed by atoms with Gasteiger partial charge in [-0.3, -0.25) is 13.9 Å². The lowest BCUT2D eigenvalue weighted by atomic mass is 10.0. The molecule has 0 aliphatic heterocycles. The normalized spacial score (nSPS) is 12.7. The minimum absolute atomic E-state index is 0.0319. The fourth-order valence-corrected chi connectivity index (χ4v) is 6.43. The first kappa shape index (κ1) is 34.4. The number of hydrogen-bond donors (Lipinski definition) is 1. The van der Waals surface area contributed by atoms with Gasteiger partial charge in [0.25, 0.3) is 10.0 Å². The Kier molecular flexibility index (Phi) is 11.4. The summed E-state index contributed by atoms with van der Waals surface area (Å²) in [5.41, 5.74) is 4.51. The van der Waals surface area contributed by atoms with Crippen LogP contribution in [0, 0.1) is 26.6 Å². The van der Waals surface area contributed by atoms with Crippen molar-refractivity contribution in [1.29, 1.82) is 0 Å². The van der Waals surface area contributed by atoms with Gasteiger partial charge in [-0.15, -0.1) is 0 Å². The highest BCUT2D eigenvalue weighted by molar-refractivity contribution is 7.92. The molecule has 0 saturated heterocycles. The van der Waals surface area contributed by atoms with Crippen LogP contribution in [-0.4, -0.2) is 43.8 Å². The van der Waals surface area contributed by atoms with Crippen LogP contribution in [0.15, 0.2) is 102 Å². The predicted molar refractivity (Wildman–Crippen MR) is 180 cm³/mol. The maximum atomic E-state index is 14.5. The van der Waals surface area contributed by atoms with Gasteiger partial charge in [0.1, 0.15) is 18.4 Å². The maximum Gasteiger partial charge on any atom is 0.264 e. The van der Waals surface area contributed by atoms with Crippen LogP contribution in [0.5, 0.6) is 0 Å². The highest BCUT2D eigenvalue weighted by Crippen LogP contribution is 2.27. The number of nitrogens with one attached hydrogen (secondary N) is 1. The van der Waals surface area contributed by atoms with Crippen molar-refractivity contribution in [3.05, 3.63) is 131 Å². The number of hydrogen-bond acceptors (Lipinski definition) is 4. The van der Waals surface area contributed by atoms with Crippen LogP contribution in [0.2, 0.25) is 0 Å². The molecule has 0 unspecified atom stereocenters. The summed E-state index contributed by atoms with van der Waals surface area (Å²) in [6.07, 6.45) is 0.884. The predicted octanol–water partition coefficient (Wildman–Crippen LogP) is 6.50. The Balaban J connectivity index is 1.82. The van der Waals surface area contributed by atoms with Crippen LogP contribution < -0.4 is 9.62 Å². The summed E-state index contributed by atoms with van der Waals surface area (Å²) in [5.74, 6) is -1.35. The molecule has 0 aromatic heterocycles. The minimum Gasteiger partial charge on any atom is -0.352 e. The molecule has 7 nitrogen and oxygen atoms in total. The van der Waals surface area contributed by atoms with Crippen molar-refractivity contribution < 1.29 is 22.4 Å². The number of sulfonamides is 1. The van der Waals surface area contributed by atoms with E-state index in [0.29, 0.717) is 17.7 Å². The molecule has 0 aliphatic rings. The Morgan fingerprint density at radius 2 is 1.48 bits per heavy atom. The SMILES string of the molecule is CC[C@@H](C)NC(=O)[C@H](Cc1ccccc1)N(Cc1ccc(F)cc1)C(=O)CN(c1ccc(C)c(C)c1)S(=O)(=O)c1ccc(C)cc1. The molecule has 0 heterocycles. The monoisotopic (exact) mass is 643 g/mol. The van der Waals surface area contributed by atoms with Gasteiger partial charge in [-0.1, -0.05) is 73.2 Å². The average molecular weight is 644 g/mol. The summed E-state index contributed by atoms with van der Waals surface area (Å²) < 4.78 is 43.4. The molecule has 4 aromatic rings. The van der Waals surface area contributed by atoms with Gasteiger partial charge in [0.15, 0.2) is 0 Å². The van der Waals surface area contributed by atoms with E-state index in [0.717, 1.165) is 26.6 Å². The van der Waals surface area contributed by atoms with Gasteiger partial charge in [-0.05, 0) is 92.8 Å². The number of anilines is 1. The Morgan fingerprint density at radius 1 is 0.826 bits per heavy atom. The molecule has 9 heteroatoms. The molecule has 0 spiro atoms. The van der Waals surface area contributed by atoms with Crippen molar-refractivity contribution >= 4 is 27.5 Å². The van der Waals surface area contributed by atoms with E-state index in [1.54, 1.807) is 36.4 Å². The molecule has 0 bridgehead atoms. The van der Waals surface area contributed by atoms with E-state index in [1.807, 2.05) is 71.0 Å². The van der Waals surface area contributed by atoms with E-state index < -0.39 is 34.3 Å². The molecule has 46 heavy (non-hydrogen) atoms. The van der Waals surface area contributed by atoms with Crippen molar-refractivity contribution in [1.82, 2.24) is 10.2 Å². The van der Waals surface area contributed by atoms with Crippen LogP contribution in [0.3, 0.4) is 0 Å². The summed E-state index contributed by atoms with van der Waals surface area (Å²) in [5, 5.41) is 3.02. The van der Waals surface area contributed by atoms with Gasteiger partial charge in [-0.25, -0.2) is 12.8 Å². The van der Waals surface area contributed by atoms with Crippen molar-refractivity contribution in [3.8, 4) is 0 Å². The fraction of sp³-hybridized carbons (Fsp3) is 0.297. The molecule has 0 fully saturated rings. The second-order valence-corrected chi connectivity index (χ2v) is 13.6. The summed E-state index contributed by atoms with van der Waals surface area (Å²) in [4.78, 5) is 29.9. The van der Waals surface area contributed by atoms with Gasteiger partial charge in [0.2, 0.25) is 11.8 Å². The highest BCUT2D eigenvalue weighted by atomic mass is 32.2. The summed E-state index contributed by atoms with van der Waals surface area (Å²) in [6, 6.07) is 25.7. The fourth-order valence-electron chi connectivity index (χ4n) is 5.03. The number of nitrogens with zero attached hydrogens (tertiary/aromatic N) is 2. The number of rotatable bonds is 13. The van der Waals surface area contributed by atoms with E-state index >= 15 is 0 Å². The molecule has 1 N–H and O–H groups in total. The molecule has 4 rings (SSSR count). The Hall–Kier alpha value is -4.50. The Labute approximate surface area is 272 Å². The standard InChI is InChI=1S/C37H42FN3O4S/c1-6-29(5)39-37(43)35(23-30-10-8-7-9-11-30)40(24-31-15-17-32(38)18-16-31)36(42)25-41(33-19-14-27(3)28(4)22-33)46(44,45)34-20-12-26(2)13-21-34/h7-22,29,35H,6,23-25H2,1-5H3,(H,39,43)/t29-,35+/m1/s1. The van der Waals surface area contributed by atoms with Gasteiger partial charge >= 0.3 is 0 Å². The van der Waals surface area contributed by atoms with Crippen molar-refractivity contribution in [3.63, 3.8) is 0 Å². The first-order valence-corrected chi connectivity index (χ1v) is 16.9.